The molecule has 322 valence electrons. The van der Waals surface area contributed by atoms with Gasteiger partial charge >= 0.3 is 6.01 Å². The molecule has 3 N–H and O–H groups in total. The van der Waals surface area contributed by atoms with Gasteiger partial charge in [0.05, 0.1) is 23.4 Å². The number of benzene rings is 3. The van der Waals surface area contributed by atoms with Crippen molar-refractivity contribution in [1.29, 1.82) is 0 Å². The predicted octanol–water partition coefficient (Wildman–Crippen LogP) is 8.31. The lowest BCUT2D eigenvalue weighted by atomic mass is 9.89. The van der Waals surface area contributed by atoms with Crippen LogP contribution in [0.4, 0.5) is 0 Å². The van der Waals surface area contributed by atoms with Crippen LogP contribution in [0.15, 0.2) is 65.7 Å². The molecule has 3 aliphatic heterocycles. The normalized spacial score (nSPS) is 17.5. The number of aromatic hydroxyl groups is 3. The van der Waals surface area contributed by atoms with E-state index in [1.807, 2.05) is 55.1 Å². The number of thiophene rings is 1. The number of likely N-dealkylation sites (tertiary alicyclic amines) is 2. The van der Waals surface area contributed by atoms with Gasteiger partial charge in [-0.05, 0) is 131 Å². The van der Waals surface area contributed by atoms with E-state index in [1.165, 1.54) is 26.6 Å². The van der Waals surface area contributed by atoms with Crippen molar-refractivity contribution in [1.82, 2.24) is 39.3 Å². The quantitative estimate of drug-likeness (QED) is 0.123. The summed E-state index contributed by atoms with van der Waals surface area (Å²) >= 11 is 8.01. The van der Waals surface area contributed by atoms with E-state index in [2.05, 4.69) is 55.8 Å². The predicted molar refractivity (Wildman–Crippen MR) is 241 cm³/mol. The molecule has 0 aliphatic carbocycles. The van der Waals surface area contributed by atoms with Gasteiger partial charge in [0.2, 0.25) is 5.91 Å². The van der Waals surface area contributed by atoms with Crippen LogP contribution >= 0.6 is 22.9 Å². The lowest BCUT2D eigenvalue weighted by Crippen LogP contribution is -2.43. The van der Waals surface area contributed by atoms with Crippen LogP contribution in [-0.2, 0) is 17.6 Å². The number of phenolic OH excluding ortho intramolecular Hbond substituents is 2. The molecular formula is C47H52ClN9O4S. The standard InChI is InChI=1S/C47H52ClN9O4S/c1-5-33-23-37(40(59)25-39(33)58)44-51-53-47(61)57(44)36-12-6-30(7-13-36)22-31-14-18-54(19-15-31)26-32-16-20-55(21-17-32)41(60)24-38-45-52-50-29(4)56(45)46-42(27(2)28(3)62-46)43(49-38)34-8-10-35(48)11-9-34/h6-13,23,25,31-32,38,58-59H,5,14-22,24,26H2,1-4H3,(H,53,61)/t38-/m0/s1. The topological polar surface area (TPSA) is 158 Å². The van der Waals surface area contributed by atoms with Gasteiger partial charge in [0.1, 0.15) is 28.4 Å². The number of carbonyl (C=O) groups is 1. The van der Waals surface area contributed by atoms with Gasteiger partial charge in [-0.15, -0.1) is 26.6 Å². The average Bonchev–Trinajstić information content (AvgIpc) is 3.91. The third-order valence-corrected chi connectivity index (χ3v) is 14.5. The van der Waals surface area contributed by atoms with Crippen molar-refractivity contribution in [2.75, 3.05) is 32.7 Å². The van der Waals surface area contributed by atoms with Crippen LogP contribution in [0.3, 0.4) is 0 Å². The summed E-state index contributed by atoms with van der Waals surface area (Å²) in [5.74, 6) is 2.91. The molecule has 0 unspecified atom stereocenters. The minimum Gasteiger partial charge on any atom is -0.508 e. The summed E-state index contributed by atoms with van der Waals surface area (Å²) in [6, 6.07) is 18.1. The van der Waals surface area contributed by atoms with E-state index in [9.17, 15) is 20.1 Å². The highest BCUT2D eigenvalue weighted by atomic mass is 35.5. The Balaban J connectivity index is 0.787. The number of carbonyl (C=O) groups excluding carboxylic acids is 1. The fourth-order valence-electron chi connectivity index (χ4n) is 9.42. The molecule has 2 saturated heterocycles. The Morgan fingerprint density at radius 2 is 1.53 bits per heavy atom. The van der Waals surface area contributed by atoms with Crippen molar-refractivity contribution >= 4 is 34.6 Å². The summed E-state index contributed by atoms with van der Waals surface area (Å²) in [4.78, 5) is 25.2. The number of halogens is 1. The van der Waals surface area contributed by atoms with Crippen LogP contribution in [0.25, 0.3) is 22.1 Å². The second-order valence-corrected chi connectivity index (χ2v) is 18.7. The van der Waals surface area contributed by atoms with Crippen molar-refractivity contribution in [2.24, 2.45) is 16.8 Å². The minimum atomic E-state index is -0.470. The van der Waals surface area contributed by atoms with E-state index < -0.39 is 6.04 Å². The first-order valence-electron chi connectivity index (χ1n) is 21.6. The molecule has 62 heavy (non-hydrogen) atoms. The fourth-order valence-corrected chi connectivity index (χ4v) is 10.8. The largest absolute Gasteiger partial charge is 0.508 e. The van der Waals surface area contributed by atoms with Crippen LogP contribution in [-0.4, -0.2) is 99.0 Å². The zero-order chi connectivity index (χ0) is 43.2. The van der Waals surface area contributed by atoms with E-state index in [1.54, 1.807) is 17.4 Å². The van der Waals surface area contributed by atoms with Crippen LogP contribution < -0.4 is 0 Å². The van der Waals surface area contributed by atoms with Crippen molar-refractivity contribution < 1.29 is 20.1 Å². The Bertz CT molecular complexity index is 2640. The number of aliphatic imine (C=N–C) groups is 1. The Kier molecular flexibility index (Phi) is 11.7. The Morgan fingerprint density at radius 1 is 0.823 bits per heavy atom. The number of aryl methyl sites for hydroxylation is 3. The van der Waals surface area contributed by atoms with Crippen LogP contribution in [0.2, 0.25) is 5.02 Å². The molecule has 1 atom stereocenters. The molecule has 13 nitrogen and oxygen atoms in total. The van der Waals surface area contributed by atoms with E-state index in [0.717, 1.165) is 92.5 Å². The zero-order valence-corrected chi connectivity index (χ0v) is 37.1. The first kappa shape index (κ1) is 41.8. The van der Waals surface area contributed by atoms with E-state index >= 15 is 0 Å². The number of phenols is 2. The fraction of sp³-hybridized carbons (Fsp3) is 0.404. The summed E-state index contributed by atoms with van der Waals surface area (Å²) in [7, 11) is 0. The lowest BCUT2D eigenvalue weighted by Gasteiger charge is -2.38. The number of amides is 1. The molecule has 3 aliphatic rings. The minimum absolute atomic E-state index is 0.0158. The summed E-state index contributed by atoms with van der Waals surface area (Å²) in [5.41, 5.74) is 7.02. The molecule has 3 aromatic carbocycles. The number of nitrogens with zero attached hydrogens (tertiary/aromatic N) is 9. The van der Waals surface area contributed by atoms with Gasteiger partial charge in [-0.3, -0.25) is 14.4 Å². The molecule has 2 fully saturated rings. The van der Waals surface area contributed by atoms with Crippen molar-refractivity contribution in [2.45, 2.75) is 78.7 Å². The zero-order valence-electron chi connectivity index (χ0n) is 35.6. The number of aromatic nitrogens is 6. The van der Waals surface area contributed by atoms with Gasteiger partial charge < -0.3 is 25.1 Å². The summed E-state index contributed by atoms with van der Waals surface area (Å²) in [6.07, 6.45) is 6.02. The molecule has 6 aromatic rings. The Morgan fingerprint density at radius 3 is 2.24 bits per heavy atom. The molecule has 9 rings (SSSR count). The maximum Gasteiger partial charge on any atom is 0.319 e. The third-order valence-electron chi connectivity index (χ3n) is 13.1. The highest BCUT2D eigenvalue weighted by molar-refractivity contribution is 7.15. The molecule has 0 saturated carbocycles. The summed E-state index contributed by atoms with van der Waals surface area (Å²) in [6.45, 7) is 12.8. The van der Waals surface area contributed by atoms with Crippen LogP contribution in [0, 0.1) is 32.6 Å². The third kappa shape index (κ3) is 8.11. The molecule has 1 amide bonds. The van der Waals surface area contributed by atoms with E-state index in [4.69, 9.17) is 16.6 Å². The number of piperidine rings is 2. The number of hydrogen-bond acceptors (Lipinski definition) is 11. The monoisotopic (exact) mass is 873 g/mol. The van der Waals surface area contributed by atoms with Gasteiger partial charge in [-0.2, -0.15) is 0 Å². The van der Waals surface area contributed by atoms with Gasteiger partial charge in [0.25, 0.3) is 0 Å². The van der Waals surface area contributed by atoms with Gasteiger partial charge in [-0.1, -0.05) is 47.9 Å². The highest BCUT2D eigenvalue weighted by Crippen LogP contribution is 2.41. The van der Waals surface area contributed by atoms with E-state index in [-0.39, 0.29) is 29.8 Å². The van der Waals surface area contributed by atoms with Crippen molar-refractivity contribution in [3.63, 3.8) is 0 Å². The molecular weight excluding hydrogens is 822 g/mol. The van der Waals surface area contributed by atoms with Gasteiger partial charge in [0.15, 0.2) is 11.6 Å². The molecule has 0 spiro atoms. The smallest absolute Gasteiger partial charge is 0.319 e. The first-order chi connectivity index (χ1) is 29.9. The van der Waals surface area contributed by atoms with Crippen molar-refractivity contribution in [3.8, 4) is 39.6 Å². The number of hydrogen-bond donors (Lipinski definition) is 3. The van der Waals surface area contributed by atoms with Crippen molar-refractivity contribution in [3.05, 3.63) is 110 Å². The maximum atomic E-state index is 14.0. The molecule has 0 radical (unpaired) electrons. The van der Waals surface area contributed by atoms with E-state index in [0.29, 0.717) is 51.7 Å². The number of fused-ring (bicyclic) bond motifs is 3. The second kappa shape index (κ2) is 17.3. The molecule has 15 heteroatoms. The molecule has 3 aromatic heterocycles. The summed E-state index contributed by atoms with van der Waals surface area (Å²) < 4.78 is 3.61. The number of rotatable bonds is 10. The first-order valence-corrected chi connectivity index (χ1v) is 22.8. The second-order valence-electron chi connectivity index (χ2n) is 17.1. The SMILES string of the molecule is CCc1cc(-c2nnc(O)n2-c2ccc(CC3CCN(CC4CCN(C(=O)C[C@@H]5N=C(c6ccc(Cl)cc6)c6c(sc(C)c6C)-n6c(C)nnc65)CC4)CC3)cc2)c(O)cc1O. The molecule has 6 heterocycles. The lowest BCUT2D eigenvalue weighted by molar-refractivity contribution is -0.133. The Hall–Kier alpha value is -5.57. The van der Waals surface area contributed by atoms with Gasteiger partial charge in [0, 0.05) is 46.7 Å². The summed E-state index contributed by atoms with van der Waals surface area (Å²) in [5, 5.41) is 50.2. The molecule has 0 bridgehead atoms. The highest BCUT2D eigenvalue weighted by Gasteiger charge is 2.34. The average molecular weight is 875 g/mol. The van der Waals surface area contributed by atoms with Gasteiger partial charge in [-0.25, -0.2) is 4.57 Å². The van der Waals surface area contributed by atoms with Crippen LogP contribution in [0.5, 0.6) is 17.5 Å². The Labute approximate surface area is 370 Å². The maximum absolute atomic E-state index is 14.0. The van der Waals surface area contributed by atoms with Crippen LogP contribution in [0.1, 0.15) is 89.4 Å².